The van der Waals surface area contributed by atoms with Crippen molar-refractivity contribution in [3.8, 4) is 0 Å². The molecule has 0 aliphatic rings. The van der Waals surface area contributed by atoms with Crippen LogP contribution in [0.15, 0.2) is 89.9 Å². The van der Waals surface area contributed by atoms with Gasteiger partial charge in [0.1, 0.15) is 5.82 Å². The lowest BCUT2D eigenvalue weighted by Gasteiger charge is -2.12. The molecule has 0 fully saturated rings. The van der Waals surface area contributed by atoms with Gasteiger partial charge in [-0.15, -0.1) is 0 Å². The van der Waals surface area contributed by atoms with E-state index in [9.17, 15) is 4.79 Å². The van der Waals surface area contributed by atoms with Gasteiger partial charge in [0.2, 0.25) is 0 Å². The Labute approximate surface area is 176 Å². The molecule has 0 bridgehead atoms. The first-order valence-corrected chi connectivity index (χ1v) is 10.2. The fraction of sp³-hybridized carbons (Fsp3) is 0.154. The maximum Gasteiger partial charge on any atom is 0.313 e. The van der Waals surface area contributed by atoms with Crippen molar-refractivity contribution < 1.29 is 9.53 Å². The first-order chi connectivity index (χ1) is 14.7. The van der Waals surface area contributed by atoms with Crippen LogP contribution in [0.1, 0.15) is 36.5 Å². The van der Waals surface area contributed by atoms with Gasteiger partial charge in [0.05, 0.1) is 18.2 Å². The van der Waals surface area contributed by atoms with Crippen LogP contribution in [-0.2, 0) is 9.53 Å². The number of aromatic amines is 1. The molecule has 1 aromatic heterocycles. The Bertz CT molecular complexity index is 1140. The van der Waals surface area contributed by atoms with E-state index in [2.05, 4.69) is 4.98 Å². The minimum atomic E-state index is -0.437. The topological polar surface area (TPSA) is 54.4 Å². The number of hydrogen-bond donors (Lipinski definition) is 1. The third-order valence-electron chi connectivity index (χ3n) is 5.12. The molecule has 0 aliphatic heterocycles. The number of ether oxygens (including phenoxy) is 1. The molecule has 1 N–H and O–H groups in total. The Morgan fingerprint density at radius 2 is 1.47 bits per heavy atom. The fourth-order valence-electron chi connectivity index (χ4n) is 3.66. The van der Waals surface area contributed by atoms with Crippen LogP contribution in [0.4, 0.5) is 5.82 Å². The van der Waals surface area contributed by atoms with E-state index in [1.807, 2.05) is 98.8 Å². The summed E-state index contributed by atoms with van der Waals surface area (Å²) in [4.78, 5) is 21.0. The normalized spacial score (nSPS) is 11.8. The van der Waals surface area contributed by atoms with E-state index in [0.29, 0.717) is 12.4 Å². The molecule has 4 aromatic rings. The van der Waals surface area contributed by atoms with Crippen molar-refractivity contribution in [1.29, 1.82) is 0 Å². The summed E-state index contributed by atoms with van der Waals surface area (Å²) in [5, 5.41) is 0.984. The van der Waals surface area contributed by atoms with Gasteiger partial charge in [0.15, 0.2) is 0 Å². The number of H-pyrrole nitrogens is 1. The lowest BCUT2D eigenvalue weighted by atomic mass is 9.98. The average molecular weight is 396 g/mol. The highest BCUT2D eigenvalue weighted by atomic mass is 16.5. The zero-order valence-electron chi connectivity index (χ0n) is 17.1. The summed E-state index contributed by atoms with van der Waals surface area (Å²) in [7, 11) is 0. The number of nitrogens with zero attached hydrogens (tertiary/aromatic N) is 1. The van der Waals surface area contributed by atoms with Crippen LogP contribution in [0.2, 0.25) is 0 Å². The molecule has 1 atom stereocenters. The highest BCUT2D eigenvalue weighted by Gasteiger charge is 2.24. The van der Waals surface area contributed by atoms with E-state index >= 15 is 0 Å². The molecule has 1 unspecified atom stereocenters. The smallest absolute Gasteiger partial charge is 0.313 e. The third-order valence-corrected chi connectivity index (χ3v) is 5.12. The molecule has 0 saturated heterocycles. The minimum Gasteiger partial charge on any atom is -0.466 e. The molecule has 0 aliphatic carbocycles. The maximum atomic E-state index is 12.6. The van der Waals surface area contributed by atoms with Crippen LogP contribution >= 0.6 is 0 Å². The third kappa shape index (κ3) is 3.90. The van der Waals surface area contributed by atoms with E-state index in [4.69, 9.17) is 9.73 Å². The molecule has 30 heavy (non-hydrogen) atoms. The largest absolute Gasteiger partial charge is 0.466 e. The van der Waals surface area contributed by atoms with Crippen LogP contribution in [0.5, 0.6) is 0 Å². The molecular weight excluding hydrogens is 372 g/mol. The standard InChI is InChI=1S/C26H24N2O2/c1-3-30-26(29)18(2)23-21-16-10-11-17-22(21)27-25(23)28-24(19-12-6-4-7-13-19)20-14-8-5-9-15-20/h4-18,27H,3H2,1-2H3. The van der Waals surface area contributed by atoms with Gasteiger partial charge in [0.25, 0.3) is 0 Å². The second kappa shape index (κ2) is 8.78. The van der Waals surface area contributed by atoms with Gasteiger partial charge < -0.3 is 9.72 Å². The Morgan fingerprint density at radius 3 is 2.07 bits per heavy atom. The van der Waals surface area contributed by atoms with E-state index in [0.717, 1.165) is 33.3 Å². The number of fused-ring (bicyclic) bond motifs is 1. The van der Waals surface area contributed by atoms with Crippen molar-refractivity contribution in [2.75, 3.05) is 6.61 Å². The van der Waals surface area contributed by atoms with Crippen LogP contribution in [0, 0.1) is 0 Å². The zero-order chi connectivity index (χ0) is 20.9. The number of esters is 1. The minimum absolute atomic E-state index is 0.250. The first kappa shape index (κ1) is 19.6. The Balaban J connectivity index is 1.93. The van der Waals surface area contributed by atoms with E-state index in [-0.39, 0.29) is 5.97 Å². The molecule has 1 heterocycles. The van der Waals surface area contributed by atoms with Crippen molar-refractivity contribution in [1.82, 2.24) is 4.98 Å². The summed E-state index contributed by atoms with van der Waals surface area (Å²) < 4.78 is 5.30. The van der Waals surface area contributed by atoms with E-state index in [1.54, 1.807) is 0 Å². The highest BCUT2D eigenvalue weighted by Crippen LogP contribution is 2.36. The summed E-state index contributed by atoms with van der Waals surface area (Å²) >= 11 is 0. The van der Waals surface area contributed by atoms with Gasteiger partial charge in [-0.1, -0.05) is 78.9 Å². The number of para-hydroxylation sites is 1. The number of nitrogens with one attached hydrogen (secondary N) is 1. The lowest BCUT2D eigenvalue weighted by molar-refractivity contribution is -0.144. The molecule has 0 spiro atoms. The Kier molecular flexibility index (Phi) is 5.75. The van der Waals surface area contributed by atoms with Gasteiger partial charge in [-0.05, 0) is 19.9 Å². The molecule has 150 valence electrons. The van der Waals surface area contributed by atoms with Crippen LogP contribution < -0.4 is 0 Å². The van der Waals surface area contributed by atoms with Crippen molar-refractivity contribution in [3.05, 3.63) is 102 Å². The number of aromatic nitrogens is 1. The first-order valence-electron chi connectivity index (χ1n) is 10.2. The lowest BCUT2D eigenvalue weighted by Crippen LogP contribution is -2.13. The molecule has 4 nitrogen and oxygen atoms in total. The summed E-state index contributed by atoms with van der Waals surface area (Å²) in [5.74, 6) is -0.00761. The number of aliphatic imine (C=N–C) groups is 1. The van der Waals surface area contributed by atoms with Crippen molar-refractivity contribution >= 4 is 28.4 Å². The van der Waals surface area contributed by atoms with Crippen LogP contribution in [0.25, 0.3) is 10.9 Å². The van der Waals surface area contributed by atoms with Gasteiger partial charge in [-0.3, -0.25) is 4.79 Å². The van der Waals surface area contributed by atoms with Gasteiger partial charge in [-0.2, -0.15) is 0 Å². The number of rotatable bonds is 6. The number of carbonyl (C=O) groups is 1. The summed E-state index contributed by atoms with van der Waals surface area (Å²) in [6.45, 7) is 4.04. The summed E-state index contributed by atoms with van der Waals surface area (Å²) in [6, 6.07) is 28.1. The molecule has 4 rings (SSSR count). The zero-order valence-corrected chi connectivity index (χ0v) is 17.1. The van der Waals surface area contributed by atoms with Gasteiger partial charge >= 0.3 is 5.97 Å². The molecule has 0 saturated carbocycles. The van der Waals surface area contributed by atoms with E-state index < -0.39 is 5.92 Å². The predicted octanol–water partition coefficient (Wildman–Crippen LogP) is 6.00. The molecule has 3 aromatic carbocycles. The van der Waals surface area contributed by atoms with Crippen molar-refractivity contribution in [3.63, 3.8) is 0 Å². The van der Waals surface area contributed by atoms with Crippen molar-refractivity contribution in [2.24, 2.45) is 4.99 Å². The number of hydrogen-bond acceptors (Lipinski definition) is 3. The molecular formula is C26H24N2O2. The number of benzene rings is 3. The van der Waals surface area contributed by atoms with E-state index in [1.165, 1.54) is 0 Å². The second-order valence-corrected chi connectivity index (χ2v) is 7.10. The number of carbonyl (C=O) groups excluding carboxylic acids is 1. The van der Waals surface area contributed by atoms with Gasteiger partial charge in [-0.25, -0.2) is 4.99 Å². The van der Waals surface area contributed by atoms with Crippen molar-refractivity contribution in [2.45, 2.75) is 19.8 Å². The van der Waals surface area contributed by atoms with Gasteiger partial charge in [0, 0.05) is 27.6 Å². The van der Waals surface area contributed by atoms with Crippen LogP contribution in [0.3, 0.4) is 0 Å². The Morgan fingerprint density at radius 1 is 0.900 bits per heavy atom. The predicted molar refractivity (Wildman–Crippen MR) is 122 cm³/mol. The Hall–Kier alpha value is -3.66. The molecule has 4 heteroatoms. The monoisotopic (exact) mass is 396 g/mol. The second-order valence-electron chi connectivity index (χ2n) is 7.10. The summed E-state index contributed by atoms with van der Waals surface area (Å²) in [6.07, 6.45) is 0. The average Bonchev–Trinajstić information content (AvgIpc) is 3.16. The quantitative estimate of drug-likeness (QED) is 0.321. The maximum absolute atomic E-state index is 12.6. The molecule has 0 radical (unpaired) electrons. The highest BCUT2D eigenvalue weighted by molar-refractivity contribution is 6.14. The fourth-order valence-corrected chi connectivity index (χ4v) is 3.66. The summed E-state index contributed by atoms with van der Waals surface area (Å²) in [5.41, 5.74) is 4.67. The SMILES string of the molecule is CCOC(=O)C(C)c1c(N=C(c2ccccc2)c2ccccc2)[nH]c2ccccc12. The van der Waals surface area contributed by atoms with Crippen LogP contribution in [-0.4, -0.2) is 23.3 Å². The molecule has 0 amide bonds.